The molecule has 8 N–H and O–H groups in total. The maximum absolute atomic E-state index is 15.3. The number of phosphoric ester groups is 1. The number of nitrogens with two attached hydrogens (primary N) is 2. The molecule has 24 nitrogen and oxygen atoms in total. The number of rotatable bonds is 8. The maximum atomic E-state index is 15.3. The van der Waals surface area contributed by atoms with Crippen LogP contribution in [0.3, 0.4) is 0 Å². The van der Waals surface area contributed by atoms with Gasteiger partial charge in [0.15, 0.2) is 23.6 Å². The molecule has 27 heteroatoms. The van der Waals surface area contributed by atoms with E-state index >= 15 is 4.57 Å². The number of aromatic amines is 1. The summed E-state index contributed by atoms with van der Waals surface area (Å²) in [5.41, 5.74) is 10.9. The van der Waals surface area contributed by atoms with E-state index in [-0.39, 0.29) is 45.8 Å². The molecule has 2 saturated carbocycles. The Balaban J connectivity index is 0.964. The molecule has 2 bridgehead atoms. The van der Waals surface area contributed by atoms with Gasteiger partial charge in [-0.25, -0.2) is 28.9 Å². The molecule has 4 aliphatic heterocycles. The molecule has 0 radical (unpaired) electrons. The number of phenols is 1. The summed E-state index contributed by atoms with van der Waals surface area (Å²) in [4.78, 5) is 62.2. The summed E-state index contributed by atoms with van der Waals surface area (Å²) in [5.74, 6) is -0.853. The summed E-state index contributed by atoms with van der Waals surface area (Å²) in [6.07, 6.45) is -4.10. The number of carbonyl (C=O) groups excluding carboxylic acids is 1. The summed E-state index contributed by atoms with van der Waals surface area (Å²) in [6, 6.07) is 10.6. The Kier molecular flexibility index (Phi) is 10.8. The third kappa shape index (κ3) is 7.62. The number of aromatic hydroxyl groups is 1. The summed E-state index contributed by atoms with van der Waals surface area (Å²) in [5, 5.41) is 21.7. The van der Waals surface area contributed by atoms with Crippen LogP contribution in [0.1, 0.15) is 28.6 Å². The third-order valence-electron chi connectivity index (χ3n) is 12.1. The highest BCUT2D eigenvalue weighted by atomic mass is 32.7. The van der Waals surface area contributed by atoms with Crippen LogP contribution >= 0.6 is 26.0 Å². The van der Waals surface area contributed by atoms with Gasteiger partial charge in [0, 0.05) is 18.3 Å². The van der Waals surface area contributed by atoms with Crippen LogP contribution in [0, 0.1) is 11.3 Å². The summed E-state index contributed by atoms with van der Waals surface area (Å²) in [7, 11) is -3.74. The largest absolute Gasteiger partial charge is 0.508 e. The molecule has 338 valence electrons. The number of nitrogens with zero attached hydrogens (tertiary/aromatic N) is 7. The Labute approximate surface area is 365 Å². The second-order valence-corrected chi connectivity index (χ2v) is 21.3. The van der Waals surface area contributed by atoms with Crippen LogP contribution in [0.5, 0.6) is 11.5 Å². The number of carbonyl (C=O) groups is 1. The lowest BCUT2D eigenvalue weighted by molar-refractivity contribution is -0.0610. The summed E-state index contributed by atoms with van der Waals surface area (Å²) < 4.78 is 72.5. The lowest BCUT2D eigenvalue weighted by atomic mass is 10.00. The number of benzene rings is 2. The second-order valence-electron chi connectivity index (χ2n) is 15.9. The molecule has 4 aromatic rings. The highest BCUT2D eigenvalue weighted by molar-refractivity contribution is 8.54. The van der Waals surface area contributed by atoms with Crippen molar-refractivity contribution in [3.8, 4) is 11.5 Å². The van der Waals surface area contributed by atoms with E-state index in [0.29, 0.717) is 12.0 Å². The van der Waals surface area contributed by atoms with Crippen LogP contribution in [0.15, 0.2) is 74.6 Å². The lowest BCUT2D eigenvalue weighted by Gasteiger charge is -2.36. The molecule has 2 aromatic heterocycles. The molecule has 0 amide bonds. The number of phosphoric acid groups is 1. The van der Waals surface area contributed by atoms with E-state index in [1.165, 1.54) is 54.9 Å². The number of amidine groups is 1. The maximum Gasteiger partial charge on any atom is 0.472 e. The molecule has 1 spiro atoms. The quantitative estimate of drug-likeness (QED) is 0.0831. The molecule has 4 unspecified atom stereocenters. The van der Waals surface area contributed by atoms with Crippen LogP contribution in [0.25, 0.3) is 11.2 Å². The normalized spacial score (nSPS) is 36.6. The number of esters is 1. The fraction of sp³-hybridized carbons (Fsp3) is 0.432. The van der Waals surface area contributed by atoms with E-state index in [0.717, 1.165) is 11.4 Å². The van der Waals surface area contributed by atoms with Gasteiger partial charge in [0.2, 0.25) is 5.95 Å². The van der Waals surface area contributed by atoms with Crippen molar-refractivity contribution < 1.29 is 61.3 Å². The Hall–Kier alpha value is -5.04. The van der Waals surface area contributed by atoms with Crippen molar-refractivity contribution in [3.63, 3.8) is 0 Å². The van der Waals surface area contributed by atoms with E-state index in [1.54, 1.807) is 29.2 Å². The van der Waals surface area contributed by atoms with Gasteiger partial charge < -0.3 is 45.7 Å². The Morgan fingerprint density at radius 3 is 2.64 bits per heavy atom. The summed E-state index contributed by atoms with van der Waals surface area (Å²) in [6.45, 7) is -5.40. The van der Waals surface area contributed by atoms with Crippen molar-refractivity contribution >= 4 is 67.6 Å². The minimum absolute atomic E-state index is 0.00211. The average Bonchev–Trinajstić information content (AvgIpc) is 3.55. The zero-order valence-corrected chi connectivity index (χ0v) is 36.0. The number of hydrogen-bond donors (Lipinski definition) is 6. The molecule has 2 aliphatic carbocycles. The first-order valence-electron chi connectivity index (χ1n) is 19.7. The number of fused-ring (bicyclic) bond motifs is 4. The topological polar surface area (TPSA) is 332 Å². The highest BCUT2D eigenvalue weighted by Gasteiger charge is 2.75. The molecule has 4 fully saturated rings. The first-order valence-corrected chi connectivity index (χ1v) is 24.4. The molecule has 2 aromatic carbocycles. The van der Waals surface area contributed by atoms with Crippen molar-refractivity contribution in [2.24, 2.45) is 32.0 Å². The number of H-pyrrole nitrogens is 1. The lowest BCUT2D eigenvalue weighted by Crippen LogP contribution is -2.52. The molecule has 2 saturated heterocycles. The van der Waals surface area contributed by atoms with Gasteiger partial charge in [-0.3, -0.25) is 37.4 Å². The van der Waals surface area contributed by atoms with Gasteiger partial charge in [0.25, 0.3) is 5.56 Å². The van der Waals surface area contributed by atoms with Crippen LogP contribution in [-0.4, -0.2) is 133 Å². The number of nitrogen functional groups attached to an aromatic ring is 1. The van der Waals surface area contributed by atoms with Crippen molar-refractivity contribution in [3.05, 3.63) is 76.3 Å². The zero-order chi connectivity index (χ0) is 44.7. The van der Waals surface area contributed by atoms with Crippen LogP contribution in [0.2, 0.25) is 0 Å². The molecule has 6 heterocycles. The number of phenolic OH excluding ortho intramolecular Hbond substituents is 1. The Morgan fingerprint density at radius 2 is 1.88 bits per heavy atom. The van der Waals surface area contributed by atoms with Gasteiger partial charge in [0.1, 0.15) is 60.2 Å². The van der Waals surface area contributed by atoms with E-state index in [9.17, 15) is 29.3 Å². The fourth-order valence-electron chi connectivity index (χ4n) is 8.99. The summed E-state index contributed by atoms with van der Waals surface area (Å²) >= 11 is 0.808. The predicted molar refractivity (Wildman–Crippen MR) is 226 cm³/mol. The molecule has 10 rings (SSSR count). The number of ether oxygens (including phenoxy) is 3. The van der Waals surface area contributed by atoms with E-state index in [1.807, 2.05) is 0 Å². The zero-order valence-electron chi connectivity index (χ0n) is 33.4. The molecular weight excluding hydrogens is 902 g/mol. The van der Waals surface area contributed by atoms with Gasteiger partial charge in [-0.05, 0) is 65.7 Å². The highest BCUT2D eigenvalue weighted by Crippen LogP contribution is 2.73. The van der Waals surface area contributed by atoms with Gasteiger partial charge >= 0.3 is 20.6 Å². The van der Waals surface area contributed by atoms with Gasteiger partial charge in [0.05, 0.1) is 37.5 Å². The van der Waals surface area contributed by atoms with Crippen molar-refractivity contribution in [1.29, 1.82) is 0 Å². The minimum atomic E-state index is -5.04. The molecular formula is C37H40N10O14P2S. The third-order valence-corrected chi connectivity index (χ3v) is 16.7. The van der Waals surface area contributed by atoms with Gasteiger partial charge in [-0.1, -0.05) is 12.1 Å². The standard InChI is InChI=1S/C37H40N10O14P2S/c1-55-27-22-11-56-63(54,64-12-17-2-8-20(9-3-17)58-35(51)18-4-6-19(48)7-5-18)61-29-26(49)25(46-15-42-23-30(38)40-14-41-31(23)46)21-10-37(21,29)13-57-62(52,53)60-28(27)34(59-22)47-16-43-24-32(47)44-36(39)45-33(24)50/h2-9,14-16,21-23,25-29,31,34,48-49H,10-13H2,1H3,(H,52,53)(H2,38,40,41)(H3,39,44,45,50)/t21-,22-,23?,25-,26+,27-,28-,29+,31?,34-,37+,63?/m1/s1. The number of methoxy groups -OCH3 is 1. The SMILES string of the molecule is CO[C@H]1[C@H]2OP(=O)(O)OC[C@@]34C[C@@H]3[C@@H](N3C=NC5C(N)=NC=NC53)[C@H](O)[C@@H]4OP(=O)(SCc3ccc(OC(=O)c4ccc(O)cc4)cc3)OC[C@H]1O[C@H]2n1cnc2c(=O)[nH]c(N)nc21. The molecule has 13 atom stereocenters. The number of nitrogens with one attached hydrogen (secondary N) is 1. The number of imidazole rings is 1. The number of aliphatic hydroxyl groups excluding tert-OH is 1. The van der Waals surface area contributed by atoms with Gasteiger partial charge in [-0.15, -0.1) is 0 Å². The van der Waals surface area contributed by atoms with Crippen LogP contribution in [0.4, 0.5) is 5.95 Å². The van der Waals surface area contributed by atoms with E-state index < -0.39 is 106 Å². The van der Waals surface area contributed by atoms with Crippen LogP contribution < -0.4 is 21.8 Å². The molecule has 6 aliphatic rings. The number of anilines is 1. The minimum Gasteiger partial charge on any atom is -0.508 e. The van der Waals surface area contributed by atoms with Crippen molar-refractivity contribution in [2.75, 3.05) is 26.1 Å². The van der Waals surface area contributed by atoms with Crippen LogP contribution in [-0.2, 0) is 42.5 Å². The first kappa shape index (κ1) is 42.9. The number of aromatic nitrogens is 4. The Bertz CT molecular complexity index is 2740. The number of hydrogen-bond acceptors (Lipinski definition) is 22. The van der Waals surface area contributed by atoms with Gasteiger partial charge in [-0.2, -0.15) is 4.98 Å². The Morgan fingerprint density at radius 1 is 1.09 bits per heavy atom. The second kappa shape index (κ2) is 16.1. The first-order chi connectivity index (χ1) is 30.7. The predicted octanol–water partition coefficient (Wildman–Crippen LogP) is 1.69. The number of aliphatic hydroxyl groups is 1. The molecule has 64 heavy (non-hydrogen) atoms. The fourth-order valence-corrected chi connectivity index (χ4v) is 13.4. The monoisotopic (exact) mass is 942 g/mol. The average molecular weight is 943 g/mol. The van der Waals surface area contributed by atoms with E-state index in [2.05, 4.69) is 29.9 Å². The van der Waals surface area contributed by atoms with Crippen molar-refractivity contribution in [1.82, 2.24) is 24.4 Å². The van der Waals surface area contributed by atoms with Crippen molar-refractivity contribution in [2.45, 2.75) is 67.2 Å². The smallest absolute Gasteiger partial charge is 0.472 e. The number of aliphatic imine (C=N–C) groups is 3. The van der Waals surface area contributed by atoms with E-state index in [4.69, 9.17) is 43.8 Å².